The van der Waals surface area contributed by atoms with Gasteiger partial charge >= 0.3 is 0 Å². The molecule has 2 rings (SSSR count). The molecule has 0 N–H and O–H groups in total. The largest absolute Gasteiger partial charge is 0.155 e. The van der Waals surface area contributed by atoms with Gasteiger partial charge in [0.25, 0.3) is 0 Å². The lowest BCUT2D eigenvalue weighted by atomic mass is 9.72. The Morgan fingerprint density at radius 3 is 2.14 bits per heavy atom. The van der Waals surface area contributed by atoms with Crippen LogP contribution in [0.15, 0.2) is 0 Å². The second-order valence-corrected chi connectivity index (χ2v) is 7.68. The van der Waals surface area contributed by atoms with Gasteiger partial charge in [-0.2, -0.15) is 11.8 Å². The van der Waals surface area contributed by atoms with Crippen molar-refractivity contribution >= 4 is 11.8 Å². The second-order valence-electron chi connectivity index (χ2n) is 6.13. The van der Waals surface area contributed by atoms with E-state index >= 15 is 0 Å². The third-order valence-electron chi connectivity index (χ3n) is 3.71. The molecule has 14 heavy (non-hydrogen) atoms. The molecule has 0 bridgehead atoms. The molecule has 82 valence electrons. The van der Waals surface area contributed by atoms with Gasteiger partial charge in [-0.05, 0) is 37.0 Å². The molecule has 0 aromatic carbocycles. The third-order valence-corrected chi connectivity index (χ3v) is 5.48. The summed E-state index contributed by atoms with van der Waals surface area (Å²) in [5.41, 5.74) is 0.535. The molecule has 0 aliphatic heterocycles. The Morgan fingerprint density at radius 2 is 1.57 bits per heavy atom. The highest BCUT2D eigenvalue weighted by Gasteiger charge is 2.37. The molecule has 0 nitrogen and oxygen atoms in total. The lowest BCUT2D eigenvalue weighted by Crippen LogP contribution is -2.33. The van der Waals surface area contributed by atoms with Crippen molar-refractivity contribution in [1.82, 2.24) is 0 Å². The number of hydrogen-bond donors (Lipinski definition) is 0. The summed E-state index contributed by atoms with van der Waals surface area (Å²) in [5, 5.41) is 2.03. The van der Waals surface area contributed by atoms with E-state index in [1.807, 2.05) is 0 Å². The minimum absolute atomic E-state index is 0.535. The summed E-state index contributed by atoms with van der Waals surface area (Å²) in [6.07, 6.45) is 8.92. The number of thioether (sulfide) groups is 1. The van der Waals surface area contributed by atoms with Crippen LogP contribution < -0.4 is 0 Å². The Hall–Kier alpha value is 0.350. The summed E-state index contributed by atoms with van der Waals surface area (Å²) in [6.45, 7) is 7.30. The Balaban J connectivity index is 1.95. The first-order chi connectivity index (χ1) is 6.57. The van der Waals surface area contributed by atoms with Gasteiger partial charge < -0.3 is 0 Å². The molecule has 0 spiro atoms. The average Bonchev–Trinajstić information content (AvgIpc) is 2.87. The zero-order valence-corrected chi connectivity index (χ0v) is 10.7. The van der Waals surface area contributed by atoms with Crippen LogP contribution in [-0.4, -0.2) is 10.5 Å². The van der Waals surface area contributed by atoms with Crippen molar-refractivity contribution in [3.63, 3.8) is 0 Å². The van der Waals surface area contributed by atoms with Crippen molar-refractivity contribution in [2.24, 2.45) is 11.3 Å². The average molecular weight is 212 g/mol. The van der Waals surface area contributed by atoms with Gasteiger partial charge in [0.2, 0.25) is 0 Å². The standard InChI is InChI=1S/C13H24S/c1-13(2,3)11-6-4-5-7-12(11)14-10-8-9-10/h10-12H,4-9H2,1-3H3. The zero-order valence-electron chi connectivity index (χ0n) is 9.88. The summed E-state index contributed by atoms with van der Waals surface area (Å²) < 4.78 is 0. The first-order valence-corrected chi connectivity index (χ1v) is 7.17. The van der Waals surface area contributed by atoms with E-state index in [-0.39, 0.29) is 0 Å². The molecule has 1 heteroatoms. The van der Waals surface area contributed by atoms with Crippen LogP contribution in [0.5, 0.6) is 0 Å². The number of rotatable bonds is 2. The SMILES string of the molecule is CC(C)(C)C1CCCCC1SC1CC1. The van der Waals surface area contributed by atoms with Gasteiger partial charge in [-0.15, -0.1) is 0 Å². The summed E-state index contributed by atoms with van der Waals surface area (Å²) in [6, 6.07) is 0. The quantitative estimate of drug-likeness (QED) is 0.650. The van der Waals surface area contributed by atoms with Crippen molar-refractivity contribution in [1.29, 1.82) is 0 Å². The van der Waals surface area contributed by atoms with E-state index in [4.69, 9.17) is 0 Å². The lowest BCUT2D eigenvalue weighted by Gasteiger charge is -2.40. The maximum Gasteiger partial charge on any atom is 0.00830 e. The Morgan fingerprint density at radius 1 is 0.929 bits per heavy atom. The summed E-state index contributed by atoms with van der Waals surface area (Å²) in [4.78, 5) is 0. The van der Waals surface area contributed by atoms with Crippen molar-refractivity contribution in [3.05, 3.63) is 0 Å². The van der Waals surface area contributed by atoms with Crippen molar-refractivity contribution in [2.45, 2.75) is 69.8 Å². The normalized spacial score (nSPS) is 34.5. The van der Waals surface area contributed by atoms with Crippen LogP contribution >= 0.6 is 11.8 Å². The van der Waals surface area contributed by atoms with E-state index in [9.17, 15) is 0 Å². The maximum atomic E-state index is 2.43. The smallest absolute Gasteiger partial charge is 0.00830 e. The lowest BCUT2D eigenvalue weighted by molar-refractivity contribution is 0.187. The molecular weight excluding hydrogens is 188 g/mol. The predicted octanol–water partition coefficient (Wildman–Crippen LogP) is 4.49. The molecule has 0 heterocycles. The van der Waals surface area contributed by atoms with E-state index in [0.717, 1.165) is 16.4 Å². The molecule has 2 aliphatic carbocycles. The fourth-order valence-corrected chi connectivity index (χ4v) is 4.64. The van der Waals surface area contributed by atoms with Gasteiger partial charge in [-0.3, -0.25) is 0 Å². The third kappa shape index (κ3) is 2.68. The topological polar surface area (TPSA) is 0 Å². The van der Waals surface area contributed by atoms with E-state index in [0.29, 0.717) is 5.41 Å². The molecular formula is C13H24S. The molecule has 0 radical (unpaired) electrons. The van der Waals surface area contributed by atoms with Crippen LogP contribution in [0.3, 0.4) is 0 Å². The molecule has 2 saturated carbocycles. The fraction of sp³-hybridized carbons (Fsp3) is 1.00. The van der Waals surface area contributed by atoms with Gasteiger partial charge in [-0.25, -0.2) is 0 Å². The highest BCUT2D eigenvalue weighted by atomic mass is 32.2. The summed E-state index contributed by atoms with van der Waals surface area (Å²) in [7, 11) is 0. The molecule has 2 atom stereocenters. The summed E-state index contributed by atoms with van der Waals surface area (Å²) >= 11 is 2.32. The van der Waals surface area contributed by atoms with Gasteiger partial charge in [0, 0.05) is 10.5 Å². The second kappa shape index (κ2) is 4.08. The first kappa shape index (κ1) is 10.9. The fourth-order valence-electron chi connectivity index (χ4n) is 2.70. The van der Waals surface area contributed by atoms with Crippen molar-refractivity contribution in [3.8, 4) is 0 Å². The van der Waals surface area contributed by atoms with Crippen LogP contribution in [0.2, 0.25) is 0 Å². The molecule has 0 saturated heterocycles. The van der Waals surface area contributed by atoms with Gasteiger partial charge in [0.1, 0.15) is 0 Å². The molecule has 0 amide bonds. The predicted molar refractivity (Wildman–Crippen MR) is 65.8 cm³/mol. The van der Waals surface area contributed by atoms with Crippen LogP contribution in [0.25, 0.3) is 0 Å². The zero-order chi connectivity index (χ0) is 10.2. The van der Waals surface area contributed by atoms with E-state index in [1.54, 1.807) is 0 Å². The van der Waals surface area contributed by atoms with Crippen LogP contribution in [0, 0.1) is 11.3 Å². The Bertz CT molecular complexity index is 188. The van der Waals surface area contributed by atoms with Gasteiger partial charge in [0.15, 0.2) is 0 Å². The Labute approximate surface area is 93.2 Å². The van der Waals surface area contributed by atoms with Crippen molar-refractivity contribution < 1.29 is 0 Å². The molecule has 2 unspecified atom stereocenters. The van der Waals surface area contributed by atoms with Gasteiger partial charge in [0.05, 0.1) is 0 Å². The van der Waals surface area contributed by atoms with Crippen LogP contribution in [-0.2, 0) is 0 Å². The van der Waals surface area contributed by atoms with Crippen LogP contribution in [0.4, 0.5) is 0 Å². The van der Waals surface area contributed by atoms with Crippen molar-refractivity contribution in [2.75, 3.05) is 0 Å². The first-order valence-electron chi connectivity index (χ1n) is 6.23. The minimum atomic E-state index is 0.535. The summed E-state index contributed by atoms with van der Waals surface area (Å²) in [5.74, 6) is 0.974. The Kier molecular flexibility index (Phi) is 3.16. The van der Waals surface area contributed by atoms with Gasteiger partial charge in [-0.1, -0.05) is 33.6 Å². The van der Waals surface area contributed by atoms with E-state index in [1.165, 1.54) is 38.5 Å². The molecule has 2 aliphatic rings. The number of hydrogen-bond acceptors (Lipinski definition) is 1. The van der Waals surface area contributed by atoms with E-state index < -0.39 is 0 Å². The highest BCUT2D eigenvalue weighted by molar-refractivity contribution is 8.00. The highest BCUT2D eigenvalue weighted by Crippen LogP contribution is 2.48. The molecule has 0 aromatic heterocycles. The van der Waals surface area contributed by atoms with E-state index in [2.05, 4.69) is 32.5 Å². The molecule has 2 fully saturated rings. The maximum absolute atomic E-state index is 2.43. The monoisotopic (exact) mass is 212 g/mol. The van der Waals surface area contributed by atoms with Crippen LogP contribution in [0.1, 0.15) is 59.3 Å². The minimum Gasteiger partial charge on any atom is -0.155 e. The molecule has 0 aromatic rings.